The first-order chi connectivity index (χ1) is 17.5. The average molecular weight is 542 g/mol. The summed E-state index contributed by atoms with van der Waals surface area (Å²) in [5.41, 5.74) is 3.03. The molecule has 3 aromatic rings. The van der Waals surface area contributed by atoms with Crippen LogP contribution >= 0.6 is 11.6 Å². The summed E-state index contributed by atoms with van der Waals surface area (Å²) >= 11 is 5.98. The fraction of sp³-hybridized carbons (Fsp3) is 0.286. The Balaban J connectivity index is 2.04. The minimum absolute atomic E-state index is 0.00781. The molecule has 0 aliphatic rings. The summed E-state index contributed by atoms with van der Waals surface area (Å²) in [6, 6.07) is 19.5. The lowest BCUT2D eigenvalue weighted by molar-refractivity contribution is -0.139. The van der Waals surface area contributed by atoms with Crippen LogP contribution in [-0.2, 0) is 26.2 Å². The molecule has 0 radical (unpaired) electrons. The number of carbonyl (C=O) groups excluding carboxylic acids is 2. The van der Waals surface area contributed by atoms with Gasteiger partial charge in [-0.25, -0.2) is 8.42 Å². The first kappa shape index (κ1) is 28.2. The number of hydrogen-bond donors (Lipinski definition) is 1. The zero-order chi connectivity index (χ0) is 27.2. The van der Waals surface area contributed by atoms with E-state index in [1.807, 2.05) is 44.2 Å². The molecule has 196 valence electrons. The van der Waals surface area contributed by atoms with Gasteiger partial charge in [0.25, 0.3) is 10.0 Å². The molecule has 0 bridgehead atoms. The highest BCUT2D eigenvalue weighted by atomic mass is 35.5. The van der Waals surface area contributed by atoms with Crippen LogP contribution in [0.4, 0.5) is 5.69 Å². The van der Waals surface area contributed by atoms with Crippen molar-refractivity contribution in [1.29, 1.82) is 0 Å². The molecule has 3 aromatic carbocycles. The molecule has 7 nitrogen and oxygen atoms in total. The SMILES string of the molecule is CCNC(=O)[C@@H](C)N(Cc1ccccc1C)C(=O)CN(c1cccc(C)c1)S(=O)(=O)c1ccc(Cl)cc1. The summed E-state index contributed by atoms with van der Waals surface area (Å²) in [5, 5.41) is 3.16. The quantitative estimate of drug-likeness (QED) is 0.403. The van der Waals surface area contributed by atoms with Crippen LogP contribution in [0.2, 0.25) is 5.02 Å². The number of sulfonamides is 1. The highest BCUT2D eigenvalue weighted by Crippen LogP contribution is 2.26. The van der Waals surface area contributed by atoms with Gasteiger partial charge in [-0.05, 0) is 80.8 Å². The maximum Gasteiger partial charge on any atom is 0.264 e. The molecule has 0 spiro atoms. The number of halogens is 1. The highest BCUT2D eigenvalue weighted by molar-refractivity contribution is 7.92. The molecule has 0 unspecified atom stereocenters. The van der Waals surface area contributed by atoms with Crippen molar-refractivity contribution >= 4 is 39.1 Å². The predicted molar refractivity (Wildman–Crippen MR) is 147 cm³/mol. The van der Waals surface area contributed by atoms with Gasteiger partial charge in [-0.1, -0.05) is 48.0 Å². The molecular formula is C28H32ClN3O4S. The lowest BCUT2D eigenvalue weighted by atomic mass is 10.1. The van der Waals surface area contributed by atoms with Crippen molar-refractivity contribution in [3.63, 3.8) is 0 Å². The van der Waals surface area contributed by atoms with Crippen LogP contribution in [0.5, 0.6) is 0 Å². The minimum Gasteiger partial charge on any atom is -0.355 e. The topological polar surface area (TPSA) is 86.8 Å². The van der Waals surface area contributed by atoms with Crippen molar-refractivity contribution in [2.75, 3.05) is 17.4 Å². The zero-order valence-corrected chi connectivity index (χ0v) is 23.0. The molecule has 1 atom stereocenters. The summed E-state index contributed by atoms with van der Waals surface area (Å²) in [5.74, 6) is -0.812. The Morgan fingerprint density at radius 1 is 0.973 bits per heavy atom. The first-order valence-electron chi connectivity index (χ1n) is 12.0. The van der Waals surface area contributed by atoms with E-state index >= 15 is 0 Å². The van der Waals surface area contributed by atoms with Crippen molar-refractivity contribution in [3.05, 3.63) is 94.5 Å². The van der Waals surface area contributed by atoms with E-state index in [4.69, 9.17) is 11.6 Å². The third-order valence-corrected chi connectivity index (χ3v) is 8.13. The molecule has 9 heteroatoms. The normalized spacial score (nSPS) is 12.0. The number of hydrogen-bond acceptors (Lipinski definition) is 4. The molecule has 0 aliphatic carbocycles. The summed E-state index contributed by atoms with van der Waals surface area (Å²) in [6.45, 7) is 7.31. The van der Waals surface area contributed by atoms with E-state index in [2.05, 4.69) is 5.32 Å². The predicted octanol–water partition coefficient (Wildman–Crippen LogP) is 4.71. The Morgan fingerprint density at radius 3 is 2.27 bits per heavy atom. The van der Waals surface area contributed by atoms with Crippen LogP contribution in [-0.4, -0.2) is 44.3 Å². The summed E-state index contributed by atoms with van der Waals surface area (Å²) < 4.78 is 28.6. The van der Waals surface area contributed by atoms with Gasteiger partial charge in [0.05, 0.1) is 10.6 Å². The molecule has 37 heavy (non-hydrogen) atoms. The Kier molecular flexibility index (Phi) is 9.34. The fourth-order valence-corrected chi connectivity index (χ4v) is 5.45. The summed E-state index contributed by atoms with van der Waals surface area (Å²) in [4.78, 5) is 28.0. The Hall–Kier alpha value is -3.36. The smallest absolute Gasteiger partial charge is 0.264 e. The van der Waals surface area contributed by atoms with Crippen LogP contribution in [0.3, 0.4) is 0 Å². The van der Waals surface area contributed by atoms with Gasteiger partial charge in [-0.3, -0.25) is 13.9 Å². The summed E-state index contributed by atoms with van der Waals surface area (Å²) in [6.07, 6.45) is 0. The number of nitrogens with zero attached hydrogens (tertiary/aromatic N) is 2. The molecule has 0 aliphatic heterocycles. The number of anilines is 1. The van der Waals surface area contributed by atoms with Crippen molar-refractivity contribution in [3.8, 4) is 0 Å². The number of benzene rings is 3. The number of rotatable bonds is 10. The van der Waals surface area contributed by atoms with E-state index in [-0.39, 0.29) is 17.3 Å². The molecule has 0 aromatic heterocycles. The number of likely N-dealkylation sites (N-methyl/N-ethyl adjacent to an activating group) is 1. The van der Waals surface area contributed by atoms with Crippen molar-refractivity contribution in [1.82, 2.24) is 10.2 Å². The second-order valence-corrected chi connectivity index (χ2v) is 11.1. The zero-order valence-electron chi connectivity index (χ0n) is 21.4. The fourth-order valence-electron chi connectivity index (χ4n) is 3.92. The first-order valence-corrected chi connectivity index (χ1v) is 13.8. The van der Waals surface area contributed by atoms with E-state index in [0.29, 0.717) is 17.3 Å². The Labute approximate surface area is 224 Å². The number of nitrogens with one attached hydrogen (secondary N) is 1. The van der Waals surface area contributed by atoms with E-state index in [0.717, 1.165) is 21.0 Å². The molecule has 1 N–H and O–H groups in total. The van der Waals surface area contributed by atoms with Gasteiger partial charge in [0, 0.05) is 18.1 Å². The van der Waals surface area contributed by atoms with Crippen LogP contribution < -0.4 is 9.62 Å². The van der Waals surface area contributed by atoms with E-state index in [1.165, 1.54) is 29.2 Å². The molecule has 0 heterocycles. The minimum atomic E-state index is -4.13. The lowest BCUT2D eigenvalue weighted by Gasteiger charge is -2.32. The van der Waals surface area contributed by atoms with Gasteiger partial charge >= 0.3 is 0 Å². The third kappa shape index (κ3) is 6.90. The van der Waals surface area contributed by atoms with Crippen LogP contribution in [0.25, 0.3) is 0 Å². The molecule has 2 amide bonds. The summed E-state index contributed by atoms with van der Waals surface area (Å²) in [7, 11) is -4.13. The highest BCUT2D eigenvalue weighted by Gasteiger charge is 2.32. The lowest BCUT2D eigenvalue weighted by Crippen LogP contribution is -2.51. The van der Waals surface area contributed by atoms with Gasteiger partial charge < -0.3 is 10.2 Å². The Morgan fingerprint density at radius 2 is 1.65 bits per heavy atom. The maximum atomic E-state index is 13.8. The van der Waals surface area contributed by atoms with E-state index < -0.39 is 28.5 Å². The number of amides is 2. The number of aryl methyl sites for hydroxylation is 2. The second kappa shape index (κ2) is 12.3. The van der Waals surface area contributed by atoms with Crippen molar-refractivity contribution in [2.45, 2.75) is 45.2 Å². The van der Waals surface area contributed by atoms with Crippen molar-refractivity contribution in [2.24, 2.45) is 0 Å². The second-order valence-electron chi connectivity index (χ2n) is 8.82. The monoisotopic (exact) mass is 541 g/mol. The molecule has 3 rings (SSSR count). The van der Waals surface area contributed by atoms with Gasteiger partial charge in [0.1, 0.15) is 12.6 Å². The standard InChI is InChI=1S/C28H32ClN3O4S/c1-5-30-28(34)22(4)31(18-23-11-7-6-10-21(23)3)27(33)19-32(25-12-8-9-20(2)17-25)37(35,36)26-15-13-24(29)14-16-26/h6-17,22H,5,18-19H2,1-4H3,(H,30,34)/t22-/m1/s1. The van der Waals surface area contributed by atoms with Crippen LogP contribution in [0, 0.1) is 13.8 Å². The van der Waals surface area contributed by atoms with Gasteiger partial charge in [-0.2, -0.15) is 0 Å². The molecule has 0 saturated heterocycles. The van der Waals surface area contributed by atoms with Gasteiger partial charge in [0.2, 0.25) is 11.8 Å². The van der Waals surface area contributed by atoms with Gasteiger partial charge in [0.15, 0.2) is 0 Å². The molecule has 0 fully saturated rings. The molecule has 0 saturated carbocycles. The van der Waals surface area contributed by atoms with E-state index in [1.54, 1.807) is 32.0 Å². The maximum absolute atomic E-state index is 13.8. The largest absolute Gasteiger partial charge is 0.355 e. The number of carbonyl (C=O) groups is 2. The molecular weight excluding hydrogens is 510 g/mol. The van der Waals surface area contributed by atoms with Crippen LogP contribution in [0.15, 0.2) is 77.7 Å². The van der Waals surface area contributed by atoms with Crippen molar-refractivity contribution < 1.29 is 18.0 Å². The van der Waals surface area contributed by atoms with E-state index in [9.17, 15) is 18.0 Å². The van der Waals surface area contributed by atoms with Gasteiger partial charge in [-0.15, -0.1) is 0 Å². The Bertz CT molecular complexity index is 1360. The average Bonchev–Trinajstić information content (AvgIpc) is 2.86. The third-order valence-electron chi connectivity index (χ3n) is 6.09. The van der Waals surface area contributed by atoms with Crippen LogP contribution in [0.1, 0.15) is 30.5 Å².